The number of nitrogen functional groups attached to an aromatic ring is 1. The molecule has 0 radical (unpaired) electrons. The number of ether oxygens (including phenoxy) is 7. The Morgan fingerprint density at radius 1 is 0.750 bits per heavy atom. The molecule has 0 saturated carbocycles. The number of methoxy groups -OCH3 is 1. The van der Waals surface area contributed by atoms with Gasteiger partial charge in [0.05, 0.1) is 78.9 Å². The van der Waals surface area contributed by atoms with Crippen LogP contribution < -0.4 is 15.8 Å². The molecule has 4 aromatic rings. The van der Waals surface area contributed by atoms with Crippen LogP contribution in [-0.2, 0) is 34.8 Å². The number of nitrogens with zero attached hydrogens (tertiary/aromatic N) is 5. The van der Waals surface area contributed by atoms with E-state index < -0.39 is 0 Å². The van der Waals surface area contributed by atoms with Crippen LogP contribution in [0.1, 0.15) is 5.56 Å². The molecule has 0 saturated heterocycles. The number of hydrogen-bond acceptors (Lipinski definition) is 14. The summed E-state index contributed by atoms with van der Waals surface area (Å²) in [5.41, 5.74) is 7.18. The number of nitrogens with one attached hydrogen (secondary N) is 1. The highest BCUT2D eigenvalue weighted by atomic mass is 16.6. The Kier molecular flexibility index (Phi) is 14.6. The predicted molar refractivity (Wildman–Crippen MR) is 161 cm³/mol. The first-order chi connectivity index (χ1) is 21.7. The molecule has 15 nitrogen and oxygen atoms in total. The van der Waals surface area contributed by atoms with Crippen LogP contribution in [0.15, 0.2) is 47.1 Å². The highest BCUT2D eigenvalue weighted by molar-refractivity contribution is 5.52. The SMILES string of the molecule is COCCOCCOCCOCCOCCOCCOc1ccc(CCNc2nc(N)n3nc(-c4ccco4)nc3n2)cc1. The molecule has 44 heavy (non-hydrogen) atoms. The second-order valence-electron chi connectivity index (χ2n) is 9.25. The van der Waals surface area contributed by atoms with Gasteiger partial charge >= 0.3 is 0 Å². The lowest BCUT2D eigenvalue weighted by Crippen LogP contribution is -2.14. The van der Waals surface area contributed by atoms with Crippen molar-refractivity contribution in [1.29, 1.82) is 0 Å². The Balaban J connectivity index is 0.985. The molecule has 1 aromatic carbocycles. The Labute approximate surface area is 255 Å². The third-order valence-electron chi connectivity index (χ3n) is 6.01. The third-order valence-corrected chi connectivity index (χ3v) is 6.01. The maximum atomic E-state index is 6.04. The quantitative estimate of drug-likeness (QED) is 0.110. The minimum atomic E-state index is 0.181. The Bertz CT molecular complexity index is 1320. The van der Waals surface area contributed by atoms with Gasteiger partial charge in [-0.3, -0.25) is 0 Å². The van der Waals surface area contributed by atoms with E-state index >= 15 is 0 Å². The number of rotatable bonds is 24. The highest BCUT2D eigenvalue weighted by Gasteiger charge is 2.13. The summed E-state index contributed by atoms with van der Waals surface area (Å²) in [6.45, 7) is 6.85. The minimum Gasteiger partial charge on any atom is -0.491 e. The predicted octanol–water partition coefficient (Wildman–Crippen LogP) is 2.12. The fourth-order valence-corrected chi connectivity index (χ4v) is 3.81. The van der Waals surface area contributed by atoms with E-state index in [9.17, 15) is 0 Å². The van der Waals surface area contributed by atoms with Gasteiger partial charge in [-0.25, -0.2) is 0 Å². The van der Waals surface area contributed by atoms with Gasteiger partial charge < -0.3 is 48.6 Å². The standard InChI is InChI=1S/C29H41N7O8/c1-37-11-12-38-13-14-39-15-16-40-17-18-41-19-20-42-21-22-43-24-6-4-23(5-7-24)8-9-31-28-33-27(30)36-29(34-28)32-26(35-36)25-3-2-10-44-25/h2-7,10H,8-9,11-22H2,1H3,(H3,30,31,32,33,34,35). The number of nitrogens with two attached hydrogens (primary N) is 1. The first-order valence-corrected chi connectivity index (χ1v) is 14.5. The largest absolute Gasteiger partial charge is 0.491 e. The van der Waals surface area contributed by atoms with E-state index in [0.29, 0.717) is 109 Å². The number of furan rings is 1. The van der Waals surface area contributed by atoms with Crippen molar-refractivity contribution >= 4 is 17.7 Å². The molecular weight excluding hydrogens is 574 g/mol. The first-order valence-electron chi connectivity index (χ1n) is 14.5. The van der Waals surface area contributed by atoms with Gasteiger partial charge in [-0.1, -0.05) is 12.1 Å². The molecule has 3 N–H and O–H groups in total. The van der Waals surface area contributed by atoms with Crippen molar-refractivity contribution in [3.8, 4) is 17.3 Å². The number of benzene rings is 1. The summed E-state index contributed by atoms with van der Waals surface area (Å²) in [5.74, 6) is 2.60. The molecule has 0 aliphatic rings. The van der Waals surface area contributed by atoms with Crippen molar-refractivity contribution in [3.05, 3.63) is 48.2 Å². The van der Waals surface area contributed by atoms with Gasteiger partial charge in [0.1, 0.15) is 12.4 Å². The summed E-state index contributed by atoms with van der Waals surface area (Å²) in [6, 6.07) is 11.4. The molecule has 0 amide bonds. The normalized spacial score (nSPS) is 11.4. The van der Waals surface area contributed by atoms with Crippen LogP contribution in [0.5, 0.6) is 5.75 Å². The molecule has 0 spiro atoms. The molecule has 4 rings (SSSR count). The molecule has 0 aliphatic carbocycles. The van der Waals surface area contributed by atoms with E-state index in [1.54, 1.807) is 25.5 Å². The smallest absolute Gasteiger partial charge is 0.259 e. The lowest BCUT2D eigenvalue weighted by Gasteiger charge is -2.09. The number of aromatic nitrogens is 5. The summed E-state index contributed by atoms with van der Waals surface area (Å²) in [4.78, 5) is 13.0. The molecule has 0 unspecified atom stereocenters. The van der Waals surface area contributed by atoms with Crippen molar-refractivity contribution in [2.45, 2.75) is 6.42 Å². The third kappa shape index (κ3) is 11.7. The molecule has 240 valence electrons. The van der Waals surface area contributed by atoms with Crippen LogP contribution in [0.2, 0.25) is 0 Å². The van der Waals surface area contributed by atoms with Crippen LogP contribution in [0.3, 0.4) is 0 Å². The van der Waals surface area contributed by atoms with E-state index in [-0.39, 0.29) is 5.95 Å². The fourth-order valence-electron chi connectivity index (χ4n) is 3.81. The molecule has 15 heteroatoms. The lowest BCUT2D eigenvalue weighted by atomic mass is 10.1. The van der Waals surface area contributed by atoms with Crippen LogP contribution >= 0.6 is 0 Å². The average Bonchev–Trinajstić information content (AvgIpc) is 3.72. The number of fused-ring (bicyclic) bond motifs is 1. The van der Waals surface area contributed by atoms with Crippen LogP contribution in [0.4, 0.5) is 11.9 Å². The van der Waals surface area contributed by atoms with Gasteiger partial charge in [0.2, 0.25) is 17.7 Å². The van der Waals surface area contributed by atoms with Crippen molar-refractivity contribution < 1.29 is 37.6 Å². The highest BCUT2D eigenvalue weighted by Crippen LogP contribution is 2.18. The van der Waals surface area contributed by atoms with Crippen molar-refractivity contribution in [2.24, 2.45) is 0 Å². The molecule has 3 heterocycles. The first kappa shape index (κ1) is 33.0. The minimum absolute atomic E-state index is 0.181. The molecular formula is C29H41N7O8. The second kappa shape index (κ2) is 19.4. The van der Waals surface area contributed by atoms with Gasteiger partial charge in [-0.15, -0.1) is 5.10 Å². The molecule has 3 aromatic heterocycles. The Morgan fingerprint density at radius 2 is 1.36 bits per heavy atom. The second-order valence-corrected chi connectivity index (χ2v) is 9.25. The van der Waals surface area contributed by atoms with Crippen LogP contribution in [0, 0.1) is 0 Å². The molecule has 0 aliphatic heterocycles. The summed E-state index contributed by atoms with van der Waals surface area (Å²) < 4.78 is 44.6. The number of hydrogen-bond donors (Lipinski definition) is 2. The zero-order valence-corrected chi connectivity index (χ0v) is 25.0. The maximum Gasteiger partial charge on any atom is 0.259 e. The Hall–Kier alpha value is -3.86. The summed E-state index contributed by atoms with van der Waals surface area (Å²) in [7, 11) is 1.64. The zero-order chi connectivity index (χ0) is 30.7. The van der Waals surface area contributed by atoms with E-state index in [2.05, 4.69) is 25.4 Å². The van der Waals surface area contributed by atoms with Gasteiger partial charge in [-0.05, 0) is 36.2 Å². The van der Waals surface area contributed by atoms with Crippen molar-refractivity contribution in [2.75, 3.05) is 104 Å². The number of anilines is 2. The van der Waals surface area contributed by atoms with Gasteiger partial charge in [0.25, 0.3) is 5.78 Å². The van der Waals surface area contributed by atoms with Crippen molar-refractivity contribution in [1.82, 2.24) is 24.6 Å². The topological polar surface area (TPSA) is 172 Å². The van der Waals surface area contributed by atoms with Crippen LogP contribution in [-0.4, -0.2) is 118 Å². The molecule has 0 atom stereocenters. The summed E-state index contributed by atoms with van der Waals surface area (Å²) in [6.07, 6.45) is 2.31. The van der Waals surface area contributed by atoms with Gasteiger partial charge in [0.15, 0.2) is 5.76 Å². The maximum absolute atomic E-state index is 6.04. The van der Waals surface area contributed by atoms with Crippen molar-refractivity contribution in [3.63, 3.8) is 0 Å². The zero-order valence-electron chi connectivity index (χ0n) is 25.0. The average molecular weight is 616 g/mol. The van der Waals surface area contributed by atoms with E-state index in [1.807, 2.05) is 24.3 Å². The summed E-state index contributed by atoms with van der Waals surface area (Å²) >= 11 is 0. The fraction of sp³-hybridized carbons (Fsp3) is 0.517. The van der Waals surface area contributed by atoms with Gasteiger partial charge in [0, 0.05) is 13.7 Å². The van der Waals surface area contributed by atoms with Crippen LogP contribution in [0.25, 0.3) is 17.4 Å². The van der Waals surface area contributed by atoms with E-state index in [4.69, 9.17) is 43.3 Å². The van der Waals surface area contributed by atoms with E-state index in [1.165, 1.54) is 4.52 Å². The van der Waals surface area contributed by atoms with E-state index in [0.717, 1.165) is 17.7 Å². The monoisotopic (exact) mass is 615 g/mol. The van der Waals surface area contributed by atoms with Gasteiger partial charge in [-0.2, -0.15) is 19.5 Å². The Morgan fingerprint density at radius 3 is 1.95 bits per heavy atom. The molecule has 0 fully saturated rings. The molecule has 0 bridgehead atoms. The summed E-state index contributed by atoms with van der Waals surface area (Å²) in [5, 5.41) is 7.49. The lowest BCUT2D eigenvalue weighted by molar-refractivity contribution is -0.0159.